The van der Waals surface area contributed by atoms with Crippen LogP contribution < -0.4 is 5.32 Å². The molecule has 12 heavy (non-hydrogen) atoms. The van der Waals surface area contributed by atoms with E-state index in [9.17, 15) is 0 Å². The minimum absolute atomic E-state index is 0.435. The summed E-state index contributed by atoms with van der Waals surface area (Å²) in [5.74, 6) is 1.06. The summed E-state index contributed by atoms with van der Waals surface area (Å²) in [7, 11) is 0. The summed E-state index contributed by atoms with van der Waals surface area (Å²) in [5, 5.41) is 3.43. The Labute approximate surface area is 80.5 Å². The molecule has 0 spiro atoms. The highest BCUT2D eigenvalue weighted by Crippen LogP contribution is 2.26. The molecule has 3 heteroatoms. The Bertz CT molecular complexity index is 253. The average molecular weight is 230 g/mol. The zero-order valence-corrected chi connectivity index (χ0v) is 8.43. The zero-order valence-electron chi connectivity index (χ0n) is 6.85. The van der Waals surface area contributed by atoms with E-state index < -0.39 is 0 Å². The van der Waals surface area contributed by atoms with E-state index in [1.54, 1.807) is 6.26 Å². The minimum atomic E-state index is 0.435. The Hall–Kier alpha value is -0.280. The van der Waals surface area contributed by atoms with Crippen LogP contribution in [-0.4, -0.2) is 6.54 Å². The van der Waals surface area contributed by atoms with E-state index in [2.05, 4.69) is 21.2 Å². The van der Waals surface area contributed by atoms with Gasteiger partial charge >= 0.3 is 0 Å². The Morgan fingerprint density at radius 1 is 1.50 bits per heavy atom. The fourth-order valence-corrected chi connectivity index (χ4v) is 1.92. The molecule has 0 unspecified atom stereocenters. The summed E-state index contributed by atoms with van der Waals surface area (Å²) in [5.41, 5.74) is 0. The van der Waals surface area contributed by atoms with Gasteiger partial charge in [-0.25, -0.2) is 0 Å². The lowest BCUT2D eigenvalue weighted by Gasteiger charge is -2.21. The molecule has 1 aliphatic heterocycles. The van der Waals surface area contributed by atoms with Crippen molar-refractivity contribution in [3.63, 3.8) is 0 Å². The minimum Gasteiger partial charge on any atom is -0.466 e. The number of piperidine rings is 1. The first-order valence-electron chi connectivity index (χ1n) is 4.33. The third kappa shape index (κ3) is 1.72. The highest BCUT2D eigenvalue weighted by Gasteiger charge is 2.17. The van der Waals surface area contributed by atoms with Gasteiger partial charge in [0.15, 0.2) is 0 Å². The summed E-state index contributed by atoms with van der Waals surface area (Å²) in [6.07, 6.45) is 5.53. The molecule has 0 aliphatic carbocycles. The molecule has 0 aromatic carbocycles. The van der Waals surface area contributed by atoms with Crippen molar-refractivity contribution in [2.45, 2.75) is 25.3 Å². The molecule has 1 aliphatic rings. The molecule has 1 saturated heterocycles. The van der Waals surface area contributed by atoms with Crippen molar-refractivity contribution in [2.24, 2.45) is 0 Å². The van der Waals surface area contributed by atoms with Gasteiger partial charge in [-0.2, -0.15) is 0 Å². The van der Waals surface area contributed by atoms with Crippen LogP contribution in [0.15, 0.2) is 21.2 Å². The Balaban J connectivity index is 2.08. The molecule has 66 valence electrons. The molecule has 1 fully saturated rings. The van der Waals surface area contributed by atoms with Crippen LogP contribution in [0.1, 0.15) is 31.1 Å². The molecular weight excluding hydrogens is 218 g/mol. The maximum absolute atomic E-state index is 5.39. The predicted octanol–water partition coefficient (Wildman–Crippen LogP) is 2.86. The quantitative estimate of drug-likeness (QED) is 0.802. The SMILES string of the molecule is Brc1coc([C@H]2CCCCN2)c1. The summed E-state index contributed by atoms with van der Waals surface area (Å²) in [4.78, 5) is 0. The molecule has 1 aromatic rings. The number of furan rings is 1. The lowest BCUT2D eigenvalue weighted by molar-refractivity contribution is 0.349. The molecular formula is C9H12BrNO. The first kappa shape index (κ1) is 8.32. The van der Waals surface area contributed by atoms with E-state index in [0.717, 1.165) is 16.8 Å². The number of nitrogens with one attached hydrogen (secondary N) is 1. The van der Waals surface area contributed by atoms with Crippen LogP contribution in [0, 0.1) is 0 Å². The van der Waals surface area contributed by atoms with E-state index >= 15 is 0 Å². The number of hydrogen-bond donors (Lipinski definition) is 1. The molecule has 2 heterocycles. The van der Waals surface area contributed by atoms with Gasteiger partial charge in [0.1, 0.15) is 12.0 Å². The molecule has 2 nitrogen and oxygen atoms in total. The summed E-state index contributed by atoms with van der Waals surface area (Å²) in [6, 6.07) is 2.48. The van der Waals surface area contributed by atoms with Crippen molar-refractivity contribution in [3.05, 3.63) is 22.6 Å². The normalized spacial score (nSPS) is 24.2. The van der Waals surface area contributed by atoms with Crippen molar-refractivity contribution >= 4 is 15.9 Å². The summed E-state index contributed by atoms with van der Waals surface area (Å²) >= 11 is 3.38. The van der Waals surface area contributed by atoms with Gasteiger partial charge < -0.3 is 9.73 Å². The molecule has 0 amide bonds. The van der Waals surface area contributed by atoms with E-state index in [0.29, 0.717) is 6.04 Å². The van der Waals surface area contributed by atoms with Gasteiger partial charge in [0.25, 0.3) is 0 Å². The largest absolute Gasteiger partial charge is 0.466 e. The monoisotopic (exact) mass is 229 g/mol. The first-order chi connectivity index (χ1) is 5.86. The van der Waals surface area contributed by atoms with Gasteiger partial charge in [-0.15, -0.1) is 0 Å². The van der Waals surface area contributed by atoms with Crippen LogP contribution in [0.4, 0.5) is 0 Å². The van der Waals surface area contributed by atoms with Gasteiger partial charge in [-0.05, 0) is 41.4 Å². The fraction of sp³-hybridized carbons (Fsp3) is 0.556. The fourth-order valence-electron chi connectivity index (χ4n) is 1.61. The maximum Gasteiger partial charge on any atom is 0.121 e. The highest BCUT2D eigenvalue weighted by atomic mass is 79.9. The van der Waals surface area contributed by atoms with E-state index in [-0.39, 0.29) is 0 Å². The maximum atomic E-state index is 5.39. The summed E-state index contributed by atoms with van der Waals surface area (Å²) in [6.45, 7) is 1.11. The third-order valence-corrected chi connectivity index (χ3v) is 2.66. The van der Waals surface area contributed by atoms with Crippen molar-refractivity contribution < 1.29 is 4.42 Å². The van der Waals surface area contributed by atoms with Crippen LogP contribution >= 0.6 is 15.9 Å². The molecule has 1 N–H and O–H groups in total. The molecule has 0 radical (unpaired) electrons. The van der Waals surface area contributed by atoms with E-state index in [1.807, 2.05) is 6.07 Å². The Morgan fingerprint density at radius 3 is 3.00 bits per heavy atom. The molecule has 0 bridgehead atoms. The van der Waals surface area contributed by atoms with Crippen molar-refractivity contribution in [2.75, 3.05) is 6.54 Å². The van der Waals surface area contributed by atoms with Crippen LogP contribution in [0.25, 0.3) is 0 Å². The lowest BCUT2D eigenvalue weighted by atomic mass is 10.0. The smallest absolute Gasteiger partial charge is 0.121 e. The number of hydrogen-bond acceptors (Lipinski definition) is 2. The van der Waals surface area contributed by atoms with Gasteiger partial charge in [0.05, 0.1) is 10.5 Å². The summed E-state index contributed by atoms with van der Waals surface area (Å²) < 4.78 is 6.43. The molecule has 1 aromatic heterocycles. The topological polar surface area (TPSA) is 25.2 Å². The second kappa shape index (κ2) is 3.62. The van der Waals surface area contributed by atoms with Crippen LogP contribution in [0.5, 0.6) is 0 Å². The van der Waals surface area contributed by atoms with Crippen LogP contribution in [-0.2, 0) is 0 Å². The van der Waals surface area contributed by atoms with E-state index in [4.69, 9.17) is 4.42 Å². The van der Waals surface area contributed by atoms with Crippen molar-refractivity contribution in [1.29, 1.82) is 0 Å². The Kier molecular flexibility index (Phi) is 2.51. The predicted molar refractivity (Wildman–Crippen MR) is 51.0 cm³/mol. The molecule has 1 atom stereocenters. The van der Waals surface area contributed by atoms with Gasteiger partial charge in [-0.3, -0.25) is 0 Å². The van der Waals surface area contributed by atoms with Gasteiger partial charge in [0.2, 0.25) is 0 Å². The highest BCUT2D eigenvalue weighted by molar-refractivity contribution is 9.10. The molecule has 2 rings (SSSR count). The van der Waals surface area contributed by atoms with Crippen molar-refractivity contribution in [3.8, 4) is 0 Å². The van der Waals surface area contributed by atoms with Crippen molar-refractivity contribution in [1.82, 2.24) is 5.32 Å². The van der Waals surface area contributed by atoms with Crippen LogP contribution in [0.2, 0.25) is 0 Å². The zero-order chi connectivity index (χ0) is 8.39. The lowest BCUT2D eigenvalue weighted by Crippen LogP contribution is -2.26. The van der Waals surface area contributed by atoms with Gasteiger partial charge in [0, 0.05) is 0 Å². The standard InChI is InChI=1S/C9H12BrNO/c10-7-5-9(12-6-7)8-3-1-2-4-11-8/h5-6,8,11H,1-4H2/t8-/m1/s1. The second-order valence-electron chi connectivity index (χ2n) is 3.17. The van der Waals surface area contributed by atoms with E-state index in [1.165, 1.54) is 19.3 Å². The second-order valence-corrected chi connectivity index (χ2v) is 4.09. The average Bonchev–Trinajstić information content (AvgIpc) is 2.54. The third-order valence-electron chi connectivity index (χ3n) is 2.24. The molecule has 0 saturated carbocycles. The number of rotatable bonds is 1. The van der Waals surface area contributed by atoms with Crippen LogP contribution in [0.3, 0.4) is 0 Å². The first-order valence-corrected chi connectivity index (χ1v) is 5.13. The number of halogens is 1. The van der Waals surface area contributed by atoms with Gasteiger partial charge in [-0.1, -0.05) is 6.42 Å². The Morgan fingerprint density at radius 2 is 2.42 bits per heavy atom.